The lowest BCUT2D eigenvalue weighted by Gasteiger charge is -2.05. The van der Waals surface area contributed by atoms with Crippen LogP contribution in [0.4, 0.5) is 0 Å². The van der Waals surface area contributed by atoms with Gasteiger partial charge in [-0.1, -0.05) is 12.1 Å². The van der Waals surface area contributed by atoms with Crippen molar-refractivity contribution in [2.45, 2.75) is 19.3 Å². The molecule has 0 fully saturated rings. The van der Waals surface area contributed by atoms with E-state index < -0.39 is 20.2 Å². The molecule has 0 unspecified atom stereocenters. The van der Waals surface area contributed by atoms with Crippen LogP contribution in [-0.4, -0.2) is 33.4 Å². The molecule has 0 bridgehead atoms. The molecule has 1 rings (SSSR count). The lowest BCUT2D eigenvalue weighted by molar-refractivity contribution is 0.479. The van der Waals surface area contributed by atoms with Crippen molar-refractivity contribution in [2.24, 2.45) is 0 Å². The Labute approximate surface area is 113 Å². The predicted octanol–water partition coefficient (Wildman–Crippen LogP) is 1.24. The minimum absolute atomic E-state index is 0.231. The summed E-state index contributed by atoms with van der Waals surface area (Å²) in [6.07, 6.45) is 2.46. The molecule has 1 aromatic carbocycles. The van der Waals surface area contributed by atoms with E-state index in [1.807, 2.05) is 0 Å². The van der Waals surface area contributed by atoms with E-state index in [-0.39, 0.29) is 11.5 Å². The van der Waals surface area contributed by atoms with Crippen molar-refractivity contribution >= 4 is 20.2 Å². The van der Waals surface area contributed by atoms with Gasteiger partial charge in [-0.3, -0.25) is 4.55 Å². The lowest BCUT2D eigenvalue weighted by Crippen LogP contribution is -2.06. The zero-order chi connectivity index (χ0) is 14.5. The Morgan fingerprint density at radius 1 is 1.16 bits per heavy atom. The van der Waals surface area contributed by atoms with Crippen molar-refractivity contribution in [3.63, 3.8) is 0 Å². The predicted molar refractivity (Wildman–Crippen MR) is 71.3 cm³/mol. The van der Waals surface area contributed by atoms with Gasteiger partial charge in [0.2, 0.25) is 0 Å². The van der Waals surface area contributed by atoms with Crippen molar-refractivity contribution in [2.75, 3.05) is 12.0 Å². The number of benzene rings is 1. The zero-order valence-corrected chi connectivity index (χ0v) is 12.1. The Hall–Kier alpha value is -1.12. The van der Waals surface area contributed by atoms with Crippen LogP contribution in [-0.2, 0) is 26.7 Å². The first kappa shape index (κ1) is 15.9. The molecule has 8 heteroatoms. The van der Waals surface area contributed by atoms with E-state index in [9.17, 15) is 16.8 Å². The molecule has 0 saturated heterocycles. The van der Waals surface area contributed by atoms with Gasteiger partial charge in [-0.15, -0.1) is 0 Å². The highest BCUT2D eigenvalue weighted by Crippen LogP contribution is 2.16. The summed E-state index contributed by atoms with van der Waals surface area (Å²) in [4.78, 5) is 0. The molecule has 0 aliphatic carbocycles. The molecular formula is C11H16O6S2. The third-order valence-electron chi connectivity index (χ3n) is 2.26. The molecule has 19 heavy (non-hydrogen) atoms. The average molecular weight is 308 g/mol. The molecule has 0 aliphatic rings. The number of aryl methyl sites for hydroxylation is 1. The van der Waals surface area contributed by atoms with Gasteiger partial charge in [0.1, 0.15) is 5.75 Å². The number of unbranched alkanes of at least 4 members (excludes halogenated alkanes) is 1. The van der Waals surface area contributed by atoms with Crippen molar-refractivity contribution in [1.29, 1.82) is 0 Å². The van der Waals surface area contributed by atoms with Gasteiger partial charge < -0.3 is 4.18 Å². The van der Waals surface area contributed by atoms with E-state index in [4.69, 9.17) is 8.74 Å². The largest absolute Gasteiger partial charge is 0.383 e. The molecule has 0 saturated carbocycles. The molecule has 0 radical (unpaired) electrons. The quantitative estimate of drug-likeness (QED) is 0.462. The van der Waals surface area contributed by atoms with Crippen molar-refractivity contribution < 1.29 is 25.6 Å². The van der Waals surface area contributed by atoms with Crippen LogP contribution in [0.2, 0.25) is 0 Å². The van der Waals surface area contributed by atoms with Gasteiger partial charge in [0, 0.05) is 0 Å². The first-order valence-corrected chi connectivity index (χ1v) is 9.02. The van der Waals surface area contributed by atoms with Crippen LogP contribution in [0.3, 0.4) is 0 Å². The SMILES string of the molecule is CS(=O)(=O)Oc1cccc(CCCCS(=O)(=O)O)c1. The summed E-state index contributed by atoms with van der Waals surface area (Å²) in [6, 6.07) is 6.58. The first-order valence-electron chi connectivity index (χ1n) is 5.59. The van der Waals surface area contributed by atoms with Crippen LogP contribution in [0, 0.1) is 0 Å². The van der Waals surface area contributed by atoms with Crippen LogP contribution in [0.5, 0.6) is 5.75 Å². The fourth-order valence-electron chi connectivity index (χ4n) is 1.54. The Bertz CT molecular complexity index is 618. The topological polar surface area (TPSA) is 97.7 Å². The standard InChI is InChI=1S/C11H16O6S2/c1-18(12,13)17-11-7-4-6-10(9-11)5-2-3-8-19(14,15)16/h4,6-7,9H,2-3,5,8H2,1H3,(H,14,15,16). The number of hydrogen-bond acceptors (Lipinski definition) is 5. The second kappa shape index (κ2) is 6.36. The van der Waals surface area contributed by atoms with E-state index in [2.05, 4.69) is 0 Å². The van der Waals surface area contributed by atoms with Crippen molar-refractivity contribution in [3.05, 3.63) is 29.8 Å². The van der Waals surface area contributed by atoms with E-state index >= 15 is 0 Å². The van der Waals surface area contributed by atoms with Gasteiger partial charge in [-0.2, -0.15) is 16.8 Å². The highest BCUT2D eigenvalue weighted by atomic mass is 32.2. The number of hydrogen-bond donors (Lipinski definition) is 1. The molecule has 0 aliphatic heterocycles. The zero-order valence-electron chi connectivity index (χ0n) is 10.4. The normalized spacial score (nSPS) is 12.3. The minimum atomic E-state index is -3.91. The second-order valence-corrected chi connectivity index (χ2v) is 7.32. The summed E-state index contributed by atoms with van der Waals surface area (Å²) < 4.78 is 56.3. The Morgan fingerprint density at radius 3 is 2.42 bits per heavy atom. The summed E-state index contributed by atoms with van der Waals surface area (Å²) in [5.74, 6) is -0.0400. The molecular weight excluding hydrogens is 292 g/mol. The second-order valence-electron chi connectivity index (χ2n) is 4.18. The summed E-state index contributed by atoms with van der Waals surface area (Å²) in [7, 11) is -7.47. The molecule has 108 valence electrons. The van der Waals surface area contributed by atoms with E-state index in [0.29, 0.717) is 19.3 Å². The van der Waals surface area contributed by atoms with Gasteiger partial charge >= 0.3 is 10.1 Å². The van der Waals surface area contributed by atoms with Gasteiger partial charge in [0.15, 0.2) is 0 Å². The van der Waals surface area contributed by atoms with Crippen molar-refractivity contribution in [3.8, 4) is 5.75 Å². The summed E-state index contributed by atoms with van der Waals surface area (Å²) in [5, 5.41) is 0. The lowest BCUT2D eigenvalue weighted by atomic mass is 10.1. The average Bonchev–Trinajstić information content (AvgIpc) is 2.21. The summed E-state index contributed by atoms with van der Waals surface area (Å²) in [5.41, 5.74) is 0.844. The maximum absolute atomic E-state index is 11.0. The van der Waals surface area contributed by atoms with Crippen LogP contribution >= 0.6 is 0 Å². The minimum Gasteiger partial charge on any atom is -0.383 e. The maximum atomic E-state index is 11.0. The van der Waals surface area contributed by atoms with E-state index in [0.717, 1.165) is 11.8 Å². The third kappa shape index (κ3) is 7.81. The van der Waals surface area contributed by atoms with Crippen LogP contribution < -0.4 is 4.18 Å². The maximum Gasteiger partial charge on any atom is 0.306 e. The molecule has 1 N–H and O–H groups in total. The number of rotatable bonds is 7. The van der Waals surface area contributed by atoms with Crippen LogP contribution in [0.25, 0.3) is 0 Å². The summed E-state index contributed by atoms with van der Waals surface area (Å²) >= 11 is 0. The molecule has 0 atom stereocenters. The van der Waals surface area contributed by atoms with Crippen molar-refractivity contribution in [1.82, 2.24) is 0 Å². The highest BCUT2D eigenvalue weighted by molar-refractivity contribution is 7.86. The van der Waals surface area contributed by atoms with Gasteiger partial charge in [-0.05, 0) is 37.0 Å². The van der Waals surface area contributed by atoms with Crippen LogP contribution in [0.1, 0.15) is 18.4 Å². The Balaban J connectivity index is 2.53. The monoisotopic (exact) mass is 308 g/mol. The molecule has 0 aromatic heterocycles. The van der Waals surface area contributed by atoms with E-state index in [1.54, 1.807) is 18.2 Å². The van der Waals surface area contributed by atoms with E-state index in [1.165, 1.54) is 6.07 Å². The smallest absolute Gasteiger partial charge is 0.306 e. The fourth-order valence-corrected chi connectivity index (χ4v) is 2.56. The Kier molecular flexibility index (Phi) is 5.33. The third-order valence-corrected chi connectivity index (χ3v) is 3.56. The van der Waals surface area contributed by atoms with Gasteiger partial charge in [0.25, 0.3) is 10.1 Å². The fraction of sp³-hybridized carbons (Fsp3) is 0.455. The molecule has 0 spiro atoms. The highest BCUT2D eigenvalue weighted by Gasteiger charge is 2.06. The molecule has 1 aromatic rings. The molecule has 0 heterocycles. The van der Waals surface area contributed by atoms with Crippen LogP contribution in [0.15, 0.2) is 24.3 Å². The van der Waals surface area contributed by atoms with Gasteiger partial charge in [0.05, 0.1) is 12.0 Å². The first-order chi connectivity index (χ1) is 8.66. The molecule has 0 amide bonds. The Morgan fingerprint density at radius 2 is 1.84 bits per heavy atom. The summed E-state index contributed by atoms with van der Waals surface area (Å²) in [6.45, 7) is 0. The van der Waals surface area contributed by atoms with Gasteiger partial charge in [-0.25, -0.2) is 0 Å². The molecule has 6 nitrogen and oxygen atoms in total.